The maximum atomic E-state index is 13.4. The Morgan fingerprint density at radius 1 is 0.909 bits per heavy atom. The fourth-order valence-corrected chi connectivity index (χ4v) is 5.63. The third-order valence-corrected chi connectivity index (χ3v) is 8.02. The number of anilines is 2. The molecule has 0 radical (unpaired) electrons. The summed E-state index contributed by atoms with van der Waals surface area (Å²) in [5, 5.41) is 5.03. The molecule has 0 aromatic heterocycles. The summed E-state index contributed by atoms with van der Waals surface area (Å²) >= 11 is 1.31. The molecule has 0 bridgehead atoms. The Morgan fingerprint density at radius 2 is 1.59 bits per heavy atom. The summed E-state index contributed by atoms with van der Waals surface area (Å²) < 4.78 is 5.50. The Kier molecular flexibility index (Phi) is 9.56. The molecule has 8 nitrogen and oxygen atoms in total. The molecule has 0 aliphatic carbocycles. The second-order valence-corrected chi connectivity index (χ2v) is 11.3. The van der Waals surface area contributed by atoms with Gasteiger partial charge in [-0.05, 0) is 86.2 Å². The fourth-order valence-electron chi connectivity index (χ4n) is 4.58. The molecule has 9 heteroatoms. The van der Waals surface area contributed by atoms with Gasteiger partial charge in [0.05, 0.1) is 17.5 Å². The number of rotatable bonds is 10. The lowest BCUT2D eigenvalue weighted by Crippen LogP contribution is -2.31. The van der Waals surface area contributed by atoms with Gasteiger partial charge in [0.15, 0.2) is 0 Å². The third kappa shape index (κ3) is 7.43. The molecule has 1 heterocycles. The molecule has 4 aromatic carbocycles. The summed E-state index contributed by atoms with van der Waals surface area (Å²) in [6.07, 6.45) is 1.70. The molecule has 1 aliphatic rings. The van der Waals surface area contributed by atoms with Gasteiger partial charge in [-0.1, -0.05) is 48.0 Å². The smallest absolute Gasteiger partial charge is 0.272 e. The van der Waals surface area contributed by atoms with Crippen molar-refractivity contribution in [3.05, 3.63) is 126 Å². The van der Waals surface area contributed by atoms with Crippen molar-refractivity contribution >= 4 is 52.8 Å². The molecule has 4 aromatic rings. The molecule has 1 fully saturated rings. The van der Waals surface area contributed by atoms with Gasteiger partial charge in [0.1, 0.15) is 11.4 Å². The molecule has 5 rings (SSSR count). The largest absolute Gasteiger partial charge is 0.494 e. The number of hydrogen-bond donors (Lipinski definition) is 2. The summed E-state index contributed by atoms with van der Waals surface area (Å²) in [7, 11) is 0. The number of nitrogens with one attached hydrogen (secondary N) is 2. The highest BCUT2D eigenvalue weighted by Gasteiger charge is 2.40. The Hall–Kier alpha value is -5.15. The first-order valence-corrected chi connectivity index (χ1v) is 15.0. The minimum absolute atomic E-state index is 0.0627. The van der Waals surface area contributed by atoms with Crippen LogP contribution in [0, 0.1) is 6.92 Å². The Bertz CT molecular complexity index is 1690. The number of hydrogen-bond acceptors (Lipinski definition) is 6. The Balaban J connectivity index is 1.28. The van der Waals surface area contributed by atoms with Crippen LogP contribution in [-0.2, 0) is 14.4 Å². The lowest BCUT2D eigenvalue weighted by molar-refractivity contribution is -0.121. The van der Waals surface area contributed by atoms with E-state index in [0.29, 0.717) is 34.9 Å². The number of nitrogens with zero attached hydrogens (tertiary/aromatic N) is 1. The van der Waals surface area contributed by atoms with E-state index in [-0.39, 0.29) is 23.9 Å². The van der Waals surface area contributed by atoms with Crippen molar-refractivity contribution in [3.8, 4) is 5.75 Å². The average Bonchev–Trinajstić information content (AvgIpc) is 3.31. The number of aryl methyl sites for hydroxylation is 1. The van der Waals surface area contributed by atoms with Crippen LogP contribution >= 0.6 is 11.8 Å². The van der Waals surface area contributed by atoms with Crippen molar-refractivity contribution in [2.45, 2.75) is 30.4 Å². The fraction of sp³-hybridized carbons (Fsp3) is 0.143. The molecule has 222 valence electrons. The zero-order valence-corrected chi connectivity index (χ0v) is 25.1. The normalized spacial score (nSPS) is 14.8. The van der Waals surface area contributed by atoms with Gasteiger partial charge in [0, 0.05) is 22.6 Å². The highest BCUT2D eigenvalue weighted by Crippen LogP contribution is 2.34. The van der Waals surface area contributed by atoms with E-state index in [9.17, 15) is 19.2 Å². The number of carbonyl (C=O) groups excluding carboxylic acids is 4. The molecule has 1 atom stereocenters. The highest BCUT2D eigenvalue weighted by molar-refractivity contribution is 8.00. The molecular weight excluding hydrogens is 574 g/mol. The standard InChI is InChI=1S/C35H31N3O5S/c1-3-43-28-17-11-24(12-18-28)21-30(37-33(40)25-7-5-4-6-8-25)34(41)36-26-13-19-29(20-14-26)44-31-22-32(39)38(35(31)42)27-15-9-23(2)10-16-27/h4-21,31H,3,22H2,1-2H3,(H,36,41)(H,37,40)/b30-21-. The van der Waals surface area contributed by atoms with Crippen LogP contribution in [0.4, 0.5) is 11.4 Å². The predicted octanol–water partition coefficient (Wildman–Crippen LogP) is 6.23. The van der Waals surface area contributed by atoms with E-state index in [1.54, 1.807) is 91.0 Å². The van der Waals surface area contributed by atoms with E-state index in [2.05, 4.69) is 10.6 Å². The third-order valence-electron chi connectivity index (χ3n) is 6.82. The molecule has 0 spiro atoms. The van der Waals surface area contributed by atoms with Crippen molar-refractivity contribution in [3.63, 3.8) is 0 Å². The predicted molar refractivity (Wildman–Crippen MR) is 173 cm³/mol. The monoisotopic (exact) mass is 605 g/mol. The SMILES string of the molecule is CCOc1ccc(/C=C(\NC(=O)c2ccccc2)C(=O)Nc2ccc(SC3CC(=O)N(c4ccc(C)cc4)C3=O)cc2)cc1. The lowest BCUT2D eigenvalue weighted by Gasteiger charge is -2.15. The number of ether oxygens (including phenoxy) is 1. The van der Waals surface area contributed by atoms with Crippen molar-refractivity contribution in [2.75, 3.05) is 16.8 Å². The lowest BCUT2D eigenvalue weighted by atomic mass is 10.1. The van der Waals surface area contributed by atoms with Crippen molar-refractivity contribution in [2.24, 2.45) is 0 Å². The van der Waals surface area contributed by atoms with Crippen LogP contribution in [0.1, 0.15) is 34.8 Å². The van der Waals surface area contributed by atoms with Crippen molar-refractivity contribution < 1.29 is 23.9 Å². The van der Waals surface area contributed by atoms with E-state index >= 15 is 0 Å². The van der Waals surface area contributed by atoms with E-state index in [0.717, 1.165) is 10.5 Å². The van der Waals surface area contributed by atoms with Crippen molar-refractivity contribution in [1.82, 2.24) is 5.32 Å². The summed E-state index contributed by atoms with van der Waals surface area (Å²) in [6.45, 7) is 4.38. The maximum Gasteiger partial charge on any atom is 0.272 e. The van der Waals surface area contributed by atoms with Crippen LogP contribution in [0.15, 0.2) is 114 Å². The molecule has 1 unspecified atom stereocenters. The highest BCUT2D eigenvalue weighted by atomic mass is 32.2. The number of thioether (sulfide) groups is 1. The summed E-state index contributed by atoms with van der Waals surface area (Å²) in [5.74, 6) is -0.702. The quantitative estimate of drug-likeness (QED) is 0.164. The zero-order chi connectivity index (χ0) is 31.1. The number of benzene rings is 4. The van der Waals surface area contributed by atoms with Crippen LogP contribution in [0.5, 0.6) is 5.75 Å². The van der Waals surface area contributed by atoms with Crippen LogP contribution < -0.4 is 20.3 Å². The van der Waals surface area contributed by atoms with E-state index < -0.39 is 17.1 Å². The first-order chi connectivity index (χ1) is 21.3. The molecule has 2 N–H and O–H groups in total. The molecular formula is C35H31N3O5S. The first-order valence-electron chi connectivity index (χ1n) is 14.1. The maximum absolute atomic E-state index is 13.4. The van der Waals surface area contributed by atoms with Gasteiger partial charge < -0.3 is 15.4 Å². The second-order valence-electron chi connectivity index (χ2n) is 10.1. The van der Waals surface area contributed by atoms with E-state index in [1.165, 1.54) is 16.7 Å². The molecule has 1 saturated heterocycles. The Morgan fingerprint density at radius 3 is 2.25 bits per heavy atom. The van der Waals surface area contributed by atoms with Crippen LogP contribution in [0.25, 0.3) is 6.08 Å². The van der Waals surface area contributed by atoms with Gasteiger partial charge in [-0.15, -0.1) is 11.8 Å². The minimum atomic E-state index is -0.541. The van der Waals surface area contributed by atoms with Gasteiger partial charge in [-0.3, -0.25) is 19.2 Å². The zero-order valence-electron chi connectivity index (χ0n) is 24.3. The number of carbonyl (C=O) groups is 4. The average molecular weight is 606 g/mol. The summed E-state index contributed by atoms with van der Waals surface area (Å²) in [4.78, 5) is 54.0. The number of amides is 4. The van der Waals surface area contributed by atoms with Gasteiger partial charge in [0.25, 0.3) is 11.8 Å². The molecule has 4 amide bonds. The summed E-state index contributed by atoms with van der Waals surface area (Å²) in [6, 6.07) is 30.1. The van der Waals surface area contributed by atoms with Crippen LogP contribution in [0.3, 0.4) is 0 Å². The second kappa shape index (κ2) is 13.9. The molecule has 44 heavy (non-hydrogen) atoms. The van der Waals surface area contributed by atoms with Gasteiger partial charge >= 0.3 is 0 Å². The van der Waals surface area contributed by atoms with E-state index in [1.807, 2.05) is 32.0 Å². The topological polar surface area (TPSA) is 105 Å². The molecule has 0 saturated carbocycles. The summed E-state index contributed by atoms with van der Waals surface area (Å²) in [5.41, 5.74) is 3.30. The van der Waals surface area contributed by atoms with Gasteiger partial charge in [-0.2, -0.15) is 0 Å². The van der Waals surface area contributed by atoms with E-state index in [4.69, 9.17) is 4.74 Å². The van der Waals surface area contributed by atoms with Crippen LogP contribution in [0.2, 0.25) is 0 Å². The van der Waals surface area contributed by atoms with Crippen LogP contribution in [-0.4, -0.2) is 35.5 Å². The number of imide groups is 1. The Labute approximate surface area is 260 Å². The first kappa shape index (κ1) is 30.3. The minimum Gasteiger partial charge on any atom is -0.494 e. The molecule has 1 aliphatic heterocycles. The van der Waals surface area contributed by atoms with Gasteiger partial charge in [0.2, 0.25) is 11.8 Å². The van der Waals surface area contributed by atoms with Gasteiger partial charge in [-0.25, -0.2) is 4.90 Å². The van der Waals surface area contributed by atoms with Crippen molar-refractivity contribution in [1.29, 1.82) is 0 Å².